The van der Waals surface area contributed by atoms with Crippen LogP contribution in [-0.4, -0.2) is 17.7 Å². The predicted molar refractivity (Wildman–Crippen MR) is 101 cm³/mol. The summed E-state index contributed by atoms with van der Waals surface area (Å²) in [4.78, 5) is 17.5. The van der Waals surface area contributed by atoms with Crippen LogP contribution in [0.3, 0.4) is 0 Å². The monoisotopic (exact) mass is 388 g/mol. The maximum Gasteiger partial charge on any atom is 0.269 e. The lowest BCUT2D eigenvalue weighted by Gasteiger charge is -1.98. The van der Waals surface area contributed by atoms with E-state index >= 15 is 0 Å². The van der Waals surface area contributed by atoms with Gasteiger partial charge in [0, 0.05) is 22.2 Å². The smallest absolute Gasteiger partial charge is 0.269 e. The van der Waals surface area contributed by atoms with E-state index < -0.39 is 0 Å². The second-order valence-electron chi connectivity index (χ2n) is 5.39. The lowest BCUT2D eigenvalue weighted by molar-refractivity contribution is 0.103. The van der Waals surface area contributed by atoms with Crippen LogP contribution in [0.5, 0.6) is 11.5 Å². The minimum atomic E-state index is -0.259. The Hall–Kier alpha value is -2.35. The number of thiophene rings is 1. The molecule has 0 saturated heterocycles. The molecule has 5 nitrogen and oxygen atoms in total. The van der Waals surface area contributed by atoms with Gasteiger partial charge >= 0.3 is 0 Å². The van der Waals surface area contributed by atoms with Crippen molar-refractivity contribution in [2.24, 2.45) is 0 Å². The van der Waals surface area contributed by atoms with Gasteiger partial charge in [0.25, 0.3) is 5.91 Å². The van der Waals surface area contributed by atoms with Crippen LogP contribution in [0.15, 0.2) is 36.4 Å². The Bertz CT molecular complexity index is 1110. The zero-order valence-corrected chi connectivity index (χ0v) is 14.9. The summed E-state index contributed by atoms with van der Waals surface area (Å²) in [7, 11) is 0. The number of amides is 1. The minimum Gasteiger partial charge on any atom is -0.454 e. The number of anilines is 1. The van der Waals surface area contributed by atoms with Gasteiger partial charge in [0.1, 0.15) is 4.88 Å². The van der Waals surface area contributed by atoms with E-state index in [0.717, 1.165) is 20.3 Å². The molecule has 0 radical (unpaired) electrons. The van der Waals surface area contributed by atoms with Gasteiger partial charge in [-0.3, -0.25) is 10.1 Å². The molecule has 1 aliphatic rings. The fraction of sp³-hybridized carbons (Fsp3) is 0.0588. The molecule has 4 aromatic rings. The fourth-order valence-corrected chi connectivity index (χ4v) is 4.97. The van der Waals surface area contributed by atoms with E-state index in [0.29, 0.717) is 26.5 Å². The van der Waals surface area contributed by atoms with Crippen molar-refractivity contribution in [2.45, 2.75) is 0 Å². The third kappa shape index (κ3) is 2.43. The van der Waals surface area contributed by atoms with Crippen molar-refractivity contribution in [3.8, 4) is 11.5 Å². The third-order valence-corrected chi connectivity index (χ3v) is 6.45. The molecule has 124 valence electrons. The Morgan fingerprint density at radius 1 is 1.12 bits per heavy atom. The number of benzene rings is 2. The molecule has 3 heterocycles. The number of hydrogen-bond acceptors (Lipinski definition) is 6. The lowest BCUT2D eigenvalue weighted by Crippen LogP contribution is -2.10. The van der Waals surface area contributed by atoms with Crippen LogP contribution in [0.1, 0.15) is 9.67 Å². The summed E-state index contributed by atoms with van der Waals surface area (Å²) in [5, 5.41) is 4.70. The molecule has 1 amide bonds. The van der Waals surface area contributed by atoms with Crippen molar-refractivity contribution in [3.63, 3.8) is 0 Å². The highest BCUT2D eigenvalue weighted by molar-refractivity contribution is 7.23. The molecule has 0 saturated carbocycles. The van der Waals surface area contributed by atoms with E-state index in [-0.39, 0.29) is 12.7 Å². The van der Waals surface area contributed by atoms with Crippen molar-refractivity contribution >= 4 is 65.6 Å². The molecule has 2 aromatic heterocycles. The molecule has 1 aliphatic heterocycles. The zero-order valence-electron chi connectivity index (χ0n) is 12.5. The summed E-state index contributed by atoms with van der Waals surface area (Å²) in [5.41, 5.74) is 0.756. The largest absolute Gasteiger partial charge is 0.454 e. The molecule has 0 fully saturated rings. The van der Waals surface area contributed by atoms with E-state index in [1.807, 2.05) is 36.4 Å². The van der Waals surface area contributed by atoms with E-state index in [9.17, 15) is 4.79 Å². The number of nitrogens with zero attached hydrogens (tertiary/aromatic N) is 1. The van der Waals surface area contributed by atoms with Gasteiger partial charge < -0.3 is 9.47 Å². The van der Waals surface area contributed by atoms with Crippen LogP contribution in [0.4, 0.5) is 5.13 Å². The molecule has 0 bridgehead atoms. The van der Waals surface area contributed by atoms with Crippen molar-refractivity contribution in [1.82, 2.24) is 4.98 Å². The number of rotatable bonds is 2. The second-order valence-corrected chi connectivity index (χ2v) is 7.85. The van der Waals surface area contributed by atoms with Gasteiger partial charge in [-0.05, 0) is 6.07 Å². The second kappa shape index (κ2) is 5.59. The first kappa shape index (κ1) is 14.9. The van der Waals surface area contributed by atoms with Gasteiger partial charge in [0.15, 0.2) is 16.6 Å². The van der Waals surface area contributed by atoms with Crippen molar-refractivity contribution in [2.75, 3.05) is 12.1 Å². The summed E-state index contributed by atoms with van der Waals surface area (Å²) < 4.78 is 12.6. The normalized spacial score (nSPS) is 12.8. The predicted octanol–water partition coefficient (Wildman–Crippen LogP) is 5.15. The first-order valence-electron chi connectivity index (χ1n) is 7.37. The highest BCUT2D eigenvalue weighted by Crippen LogP contribution is 2.40. The SMILES string of the molecule is O=C(Nc1nc2cc3c(cc2s1)OCO3)c1sc2ccccc2c1Cl. The van der Waals surface area contributed by atoms with Crippen LogP contribution in [0.2, 0.25) is 5.02 Å². The quantitative estimate of drug-likeness (QED) is 0.516. The number of fused-ring (bicyclic) bond motifs is 3. The van der Waals surface area contributed by atoms with Gasteiger partial charge in [-0.2, -0.15) is 0 Å². The number of nitrogens with one attached hydrogen (secondary N) is 1. The van der Waals surface area contributed by atoms with Gasteiger partial charge in [-0.15, -0.1) is 11.3 Å². The molecule has 1 N–H and O–H groups in total. The summed E-state index contributed by atoms with van der Waals surface area (Å²) >= 11 is 9.12. The van der Waals surface area contributed by atoms with Gasteiger partial charge in [-0.1, -0.05) is 41.1 Å². The Balaban J connectivity index is 1.49. The molecule has 0 aliphatic carbocycles. The van der Waals surface area contributed by atoms with E-state index in [2.05, 4.69) is 10.3 Å². The Morgan fingerprint density at radius 2 is 1.92 bits per heavy atom. The van der Waals surface area contributed by atoms with Crippen LogP contribution < -0.4 is 14.8 Å². The minimum absolute atomic E-state index is 0.223. The van der Waals surface area contributed by atoms with Crippen molar-refractivity contribution in [1.29, 1.82) is 0 Å². The van der Waals surface area contributed by atoms with E-state index in [4.69, 9.17) is 21.1 Å². The fourth-order valence-electron chi connectivity index (χ4n) is 2.69. The molecule has 25 heavy (non-hydrogen) atoms. The molecule has 5 rings (SSSR count). The molecular weight excluding hydrogens is 380 g/mol. The molecule has 0 unspecified atom stereocenters. The molecular formula is C17H9ClN2O3S2. The topological polar surface area (TPSA) is 60.5 Å². The summed E-state index contributed by atoms with van der Waals surface area (Å²) in [6, 6.07) is 11.4. The highest BCUT2D eigenvalue weighted by atomic mass is 35.5. The standard InChI is InChI=1S/C17H9ClN2O3S2/c18-14-8-3-1-2-4-12(8)24-15(14)16(21)20-17-19-9-5-10-11(23-7-22-10)6-13(9)25-17/h1-6H,7H2,(H,19,20,21). The van der Waals surface area contributed by atoms with Crippen LogP contribution in [0.25, 0.3) is 20.3 Å². The average molecular weight is 389 g/mol. The lowest BCUT2D eigenvalue weighted by atomic mass is 10.2. The van der Waals surface area contributed by atoms with Gasteiger partial charge in [0.05, 0.1) is 15.2 Å². The number of ether oxygens (including phenoxy) is 2. The first-order chi connectivity index (χ1) is 12.2. The Kier molecular flexibility index (Phi) is 3.34. The Morgan fingerprint density at radius 3 is 2.76 bits per heavy atom. The third-order valence-electron chi connectivity index (χ3n) is 3.84. The first-order valence-corrected chi connectivity index (χ1v) is 9.39. The molecule has 8 heteroatoms. The van der Waals surface area contributed by atoms with E-state index in [1.54, 1.807) is 0 Å². The number of aromatic nitrogens is 1. The van der Waals surface area contributed by atoms with E-state index in [1.165, 1.54) is 22.7 Å². The molecule has 0 atom stereocenters. The number of halogens is 1. The van der Waals surface area contributed by atoms with Crippen LogP contribution in [0, 0.1) is 0 Å². The zero-order chi connectivity index (χ0) is 17.0. The number of carbonyl (C=O) groups is 1. The average Bonchev–Trinajstić information content (AvgIpc) is 3.29. The van der Waals surface area contributed by atoms with Gasteiger partial charge in [-0.25, -0.2) is 4.98 Å². The maximum atomic E-state index is 12.6. The van der Waals surface area contributed by atoms with Crippen molar-refractivity contribution < 1.29 is 14.3 Å². The summed E-state index contributed by atoms with van der Waals surface area (Å²) in [5.74, 6) is 1.11. The van der Waals surface area contributed by atoms with Crippen LogP contribution in [-0.2, 0) is 0 Å². The highest BCUT2D eigenvalue weighted by Gasteiger charge is 2.20. The number of hydrogen-bond donors (Lipinski definition) is 1. The molecule has 2 aromatic carbocycles. The number of carbonyl (C=O) groups excluding carboxylic acids is 1. The summed E-state index contributed by atoms with van der Waals surface area (Å²) in [6.45, 7) is 0.223. The maximum absolute atomic E-state index is 12.6. The number of thiazole rings is 1. The molecule has 0 spiro atoms. The summed E-state index contributed by atoms with van der Waals surface area (Å²) in [6.07, 6.45) is 0. The van der Waals surface area contributed by atoms with Gasteiger partial charge in [0.2, 0.25) is 6.79 Å². The van der Waals surface area contributed by atoms with Crippen LogP contribution >= 0.6 is 34.3 Å². The Labute approximate surface area is 154 Å². The van der Waals surface area contributed by atoms with Crippen molar-refractivity contribution in [3.05, 3.63) is 46.3 Å².